The van der Waals surface area contributed by atoms with E-state index in [2.05, 4.69) is 17.0 Å². The lowest BCUT2D eigenvalue weighted by molar-refractivity contribution is 0.0378. The Bertz CT molecular complexity index is 639. The Morgan fingerprint density at radius 3 is 2.45 bits per heavy atom. The van der Waals surface area contributed by atoms with Crippen molar-refractivity contribution in [1.29, 1.82) is 0 Å². The van der Waals surface area contributed by atoms with Gasteiger partial charge in [-0.05, 0) is 37.6 Å². The fourth-order valence-corrected chi connectivity index (χ4v) is 2.25. The van der Waals surface area contributed by atoms with Crippen LogP contribution in [0.25, 0.3) is 0 Å². The predicted octanol–water partition coefficient (Wildman–Crippen LogP) is 3.47. The molecule has 0 saturated heterocycles. The van der Waals surface area contributed by atoms with Crippen LogP contribution in [-0.2, 0) is 11.3 Å². The number of hydrogen-bond acceptors (Lipinski definition) is 4. The minimum absolute atomic E-state index is 0.144. The number of nitrogens with zero attached hydrogens (tertiary/aromatic N) is 1. The highest BCUT2D eigenvalue weighted by atomic mass is 16.5. The molecule has 0 amide bonds. The molecule has 0 radical (unpaired) electrons. The summed E-state index contributed by atoms with van der Waals surface area (Å²) in [6.45, 7) is 4.40. The maximum absolute atomic E-state index is 11.9. The highest BCUT2D eigenvalue weighted by Crippen LogP contribution is 2.25. The molecule has 2 N–H and O–H groups in total. The highest BCUT2D eigenvalue weighted by Gasteiger charge is 2.13. The van der Waals surface area contributed by atoms with Crippen LogP contribution >= 0.6 is 0 Å². The average Bonchev–Trinajstić information content (AvgIpc) is 2.47. The topological polar surface area (TPSA) is 55.6 Å². The summed E-state index contributed by atoms with van der Waals surface area (Å²) in [4.78, 5) is 13.9. The number of anilines is 2. The average molecular weight is 298 g/mol. The summed E-state index contributed by atoms with van der Waals surface area (Å²) < 4.78 is 5.18. The van der Waals surface area contributed by atoms with Crippen LogP contribution in [0.3, 0.4) is 0 Å². The quantitative estimate of drug-likeness (QED) is 0.678. The van der Waals surface area contributed by atoms with Gasteiger partial charge in [0, 0.05) is 13.6 Å². The van der Waals surface area contributed by atoms with Gasteiger partial charge in [-0.25, -0.2) is 4.79 Å². The van der Waals surface area contributed by atoms with Crippen molar-refractivity contribution >= 4 is 17.3 Å². The Morgan fingerprint density at radius 1 is 1.18 bits per heavy atom. The molecule has 0 atom stereocenters. The van der Waals surface area contributed by atoms with Gasteiger partial charge in [-0.15, -0.1) is 0 Å². The molecule has 0 spiro atoms. The van der Waals surface area contributed by atoms with Crippen molar-refractivity contribution in [3.63, 3.8) is 0 Å². The maximum atomic E-state index is 11.9. The van der Waals surface area contributed by atoms with E-state index in [1.807, 2.05) is 45.2 Å². The van der Waals surface area contributed by atoms with Crippen molar-refractivity contribution in [2.75, 3.05) is 17.7 Å². The molecule has 0 bridgehead atoms. The summed E-state index contributed by atoms with van der Waals surface area (Å²) in [6.07, 6.45) is -0.144. The van der Waals surface area contributed by atoms with Crippen molar-refractivity contribution in [3.05, 3.63) is 59.7 Å². The van der Waals surface area contributed by atoms with Crippen molar-refractivity contribution in [2.24, 2.45) is 0 Å². The molecule has 22 heavy (non-hydrogen) atoms. The van der Waals surface area contributed by atoms with Crippen LogP contribution in [0.15, 0.2) is 48.5 Å². The number of esters is 1. The highest BCUT2D eigenvalue weighted by molar-refractivity contribution is 5.92. The Kier molecular flexibility index (Phi) is 5.04. The van der Waals surface area contributed by atoms with Gasteiger partial charge in [-0.3, -0.25) is 0 Å². The maximum Gasteiger partial charge on any atom is 0.338 e. The van der Waals surface area contributed by atoms with Crippen LogP contribution in [0.4, 0.5) is 11.4 Å². The number of rotatable bonds is 5. The summed E-state index contributed by atoms with van der Waals surface area (Å²) in [7, 11) is 1.98. The third-order valence-corrected chi connectivity index (χ3v) is 3.28. The number of nitrogens with two attached hydrogens (primary N) is 1. The number of ether oxygens (including phenoxy) is 1. The second-order valence-corrected chi connectivity index (χ2v) is 5.57. The second kappa shape index (κ2) is 6.98. The first-order chi connectivity index (χ1) is 10.5. The lowest BCUT2D eigenvalue weighted by atomic mass is 10.1. The van der Waals surface area contributed by atoms with Gasteiger partial charge in [-0.1, -0.05) is 30.3 Å². The number of carbonyl (C=O) groups is 1. The van der Waals surface area contributed by atoms with E-state index in [-0.39, 0.29) is 12.1 Å². The Hall–Kier alpha value is -2.49. The van der Waals surface area contributed by atoms with Gasteiger partial charge in [0.2, 0.25) is 0 Å². The molecule has 116 valence electrons. The van der Waals surface area contributed by atoms with E-state index in [1.54, 1.807) is 12.1 Å². The number of hydrogen-bond donors (Lipinski definition) is 1. The molecular weight excluding hydrogens is 276 g/mol. The van der Waals surface area contributed by atoms with Gasteiger partial charge in [0.15, 0.2) is 0 Å². The van der Waals surface area contributed by atoms with E-state index in [0.29, 0.717) is 11.3 Å². The lowest BCUT2D eigenvalue weighted by Crippen LogP contribution is -2.18. The summed E-state index contributed by atoms with van der Waals surface area (Å²) in [6, 6.07) is 15.4. The zero-order valence-electron chi connectivity index (χ0n) is 13.2. The molecule has 0 aromatic heterocycles. The van der Waals surface area contributed by atoms with Crippen molar-refractivity contribution in [2.45, 2.75) is 26.5 Å². The largest absolute Gasteiger partial charge is 0.459 e. The first-order valence-electron chi connectivity index (χ1n) is 7.33. The Labute approximate surface area is 131 Å². The van der Waals surface area contributed by atoms with Gasteiger partial charge in [0.25, 0.3) is 0 Å². The molecule has 2 rings (SSSR count). The molecule has 0 aliphatic carbocycles. The van der Waals surface area contributed by atoms with Gasteiger partial charge >= 0.3 is 5.97 Å². The second-order valence-electron chi connectivity index (χ2n) is 5.57. The molecular formula is C18H22N2O2. The van der Waals surface area contributed by atoms with E-state index in [1.165, 1.54) is 5.56 Å². The number of benzene rings is 2. The van der Waals surface area contributed by atoms with Gasteiger partial charge in [-0.2, -0.15) is 0 Å². The van der Waals surface area contributed by atoms with Crippen molar-refractivity contribution in [3.8, 4) is 0 Å². The molecule has 0 fully saturated rings. The zero-order valence-corrected chi connectivity index (χ0v) is 13.2. The molecule has 2 aromatic carbocycles. The fourth-order valence-electron chi connectivity index (χ4n) is 2.25. The van der Waals surface area contributed by atoms with Crippen LogP contribution < -0.4 is 10.6 Å². The van der Waals surface area contributed by atoms with Crippen LogP contribution in [0.2, 0.25) is 0 Å². The third kappa shape index (κ3) is 4.01. The van der Waals surface area contributed by atoms with Crippen LogP contribution in [0.5, 0.6) is 0 Å². The first kappa shape index (κ1) is 15.9. The van der Waals surface area contributed by atoms with Crippen LogP contribution in [0.1, 0.15) is 29.8 Å². The van der Waals surface area contributed by atoms with Crippen LogP contribution in [-0.4, -0.2) is 19.1 Å². The normalized spacial score (nSPS) is 10.5. The third-order valence-electron chi connectivity index (χ3n) is 3.28. The predicted molar refractivity (Wildman–Crippen MR) is 90.0 cm³/mol. The van der Waals surface area contributed by atoms with Crippen molar-refractivity contribution < 1.29 is 9.53 Å². The smallest absolute Gasteiger partial charge is 0.338 e. The van der Waals surface area contributed by atoms with E-state index >= 15 is 0 Å². The summed E-state index contributed by atoms with van der Waals surface area (Å²) in [5, 5.41) is 0. The summed E-state index contributed by atoms with van der Waals surface area (Å²) >= 11 is 0. The van der Waals surface area contributed by atoms with Gasteiger partial charge in [0.1, 0.15) is 0 Å². The van der Waals surface area contributed by atoms with E-state index < -0.39 is 0 Å². The minimum atomic E-state index is -0.348. The van der Waals surface area contributed by atoms with Crippen molar-refractivity contribution in [1.82, 2.24) is 0 Å². The lowest BCUT2D eigenvalue weighted by Gasteiger charge is -2.21. The molecule has 0 aliphatic rings. The molecule has 0 saturated carbocycles. The monoisotopic (exact) mass is 298 g/mol. The minimum Gasteiger partial charge on any atom is -0.459 e. The zero-order chi connectivity index (χ0) is 16.1. The number of nitrogen functional groups attached to an aromatic ring is 1. The Balaban J connectivity index is 2.14. The molecule has 0 aliphatic heterocycles. The molecule has 0 heterocycles. The van der Waals surface area contributed by atoms with E-state index in [9.17, 15) is 4.79 Å². The number of carbonyl (C=O) groups excluding carboxylic acids is 1. The van der Waals surface area contributed by atoms with Crippen LogP contribution in [0, 0.1) is 0 Å². The molecule has 4 nitrogen and oxygen atoms in total. The van der Waals surface area contributed by atoms with Gasteiger partial charge in [0.05, 0.1) is 23.0 Å². The SMILES string of the molecule is CC(C)OC(=O)c1ccc(N(C)Cc2ccccc2)c(N)c1. The summed E-state index contributed by atoms with van der Waals surface area (Å²) in [5.41, 5.74) is 9.23. The molecule has 0 unspecified atom stereocenters. The molecule has 2 aromatic rings. The Morgan fingerprint density at radius 2 is 1.86 bits per heavy atom. The first-order valence-corrected chi connectivity index (χ1v) is 7.33. The van der Waals surface area contributed by atoms with Gasteiger partial charge < -0.3 is 15.4 Å². The standard InChI is InChI=1S/C18H22N2O2/c1-13(2)22-18(21)15-9-10-17(16(19)11-15)20(3)12-14-7-5-4-6-8-14/h4-11,13H,12,19H2,1-3H3. The van der Waals surface area contributed by atoms with E-state index in [4.69, 9.17) is 10.5 Å². The summed E-state index contributed by atoms with van der Waals surface area (Å²) in [5.74, 6) is -0.348. The van der Waals surface area contributed by atoms with E-state index in [0.717, 1.165) is 12.2 Å². The molecule has 4 heteroatoms. The fraction of sp³-hybridized carbons (Fsp3) is 0.278.